The van der Waals surface area contributed by atoms with Gasteiger partial charge in [0.15, 0.2) is 6.04 Å². The van der Waals surface area contributed by atoms with Crippen molar-refractivity contribution in [2.24, 2.45) is 11.5 Å². The van der Waals surface area contributed by atoms with E-state index < -0.39 is 23.8 Å². The minimum absolute atomic E-state index is 0.183. The molecule has 0 bridgehead atoms. The molecule has 0 saturated carbocycles. The second-order valence-electron chi connectivity index (χ2n) is 2.90. The molecule has 1 heterocycles. The zero-order valence-electron chi connectivity index (χ0n) is 8.16. The average Bonchev–Trinajstić information content (AvgIpc) is 2.65. The zero-order chi connectivity index (χ0) is 12.1. The quantitative estimate of drug-likeness (QED) is 0.451. The fraction of sp³-hybridized carbons (Fsp3) is 0.286. The predicted octanol–water partition coefficient (Wildman–Crippen LogP) is -3.27. The molecule has 5 N–H and O–H groups in total. The molecule has 1 aromatic rings. The molecule has 0 unspecified atom stereocenters. The highest BCUT2D eigenvalue weighted by Crippen LogP contribution is 1.85. The fourth-order valence-corrected chi connectivity index (χ4v) is 0.951. The molecular weight excluding hydrogens is 216 g/mol. The van der Waals surface area contributed by atoms with Crippen LogP contribution in [0, 0.1) is 0 Å². The maximum atomic E-state index is 11.3. The Hall–Kier alpha value is -2.45. The van der Waals surface area contributed by atoms with Gasteiger partial charge in [0.1, 0.15) is 19.2 Å². The zero-order valence-corrected chi connectivity index (χ0v) is 8.16. The highest BCUT2D eigenvalue weighted by atomic mass is 16.2. The highest BCUT2D eigenvalue weighted by molar-refractivity contribution is 6.05. The number of carbonyl (C=O) groups is 3. The van der Waals surface area contributed by atoms with Crippen molar-refractivity contribution in [1.29, 1.82) is 0 Å². The van der Waals surface area contributed by atoms with Gasteiger partial charge in [0.2, 0.25) is 17.7 Å². The minimum Gasteiger partial charge on any atom is -0.367 e. The number of hydrogen-bond acceptors (Lipinski definition) is 5. The van der Waals surface area contributed by atoms with Gasteiger partial charge in [-0.3, -0.25) is 14.4 Å². The van der Waals surface area contributed by atoms with Crippen LogP contribution < -0.4 is 16.8 Å². The van der Waals surface area contributed by atoms with Crippen LogP contribution in [0.4, 0.5) is 0 Å². The molecule has 16 heavy (non-hydrogen) atoms. The molecule has 0 aliphatic carbocycles. The fourth-order valence-electron chi connectivity index (χ4n) is 0.951. The summed E-state index contributed by atoms with van der Waals surface area (Å²) in [6.07, 6.45) is 2.55. The van der Waals surface area contributed by atoms with Gasteiger partial charge in [-0.2, -0.15) is 5.10 Å². The Kier molecular flexibility index (Phi) is 3.53. The molecule has 9 heteroatoms. The van der Waals surface area contributed by atoms with Crippen molar-refractivity contribution in [3.05, 3.63) is 12.7 Å². The Morgan fingerprint density at radius 3 is 2.38 bits per heavy atom. The monoisotopic (exact) mass is 226 g/mol. The van der Waals surface area contributed by atoms with E-state index in [9.17, 15) is 14.4 Å². The molecule has 0 fully saturated rings. The molecule has 1 aromatic heterocycles. The summed E-state index contributed by atoms with van der Waals surface area (Å²) in [7, 11) is 0. The SMILES string of the molecule is NC(=O)C(NC(=O)Cn1cncn1)C(N)=O. The van der Waals surface area contributed by atoms with Crippen LogP contribution in [0.3, 0.4) is 0 Å². The first-order chi connectivity index (χ1) is 7.50. The smallest absolute Gasteiger partial charge is 0.249 e. The van der Waals surface area contributed by atoms with Crippen molar-refractivity contribution in [2.45, 2.75) is 12.6 Å². The van der Waals surface area contributed by atoms with Crippen LogP contribution in [-0.2, 0) is 20.9 Å². The number of nitrogens with two attached hydrogens (primary N) is 2. The second-order valence-corrected chi connectivity index (χ2v) is 2.90. The number of nitrogens with zero attached hydrogens (tertiary/aromatic N) is 3. The van der Waals surface area contributed by atoms with E-state index in [2.05, 4.69) is 15.4 Å². The number of aromatic nitrogens is 3. The molecule has 0 aliphatic heterocycles. The molecule has 1 rings (SSSR count). The number of carbonyl (C=O) groups excluding carboxylic acids is 3. The van der Waals surface area contributed by atoms with E-state index in [0.717, 1.165) is 0 Å². The lowest BCUT2D eigenvalue weighted by Gasteiger charge is -2.11. The molecular formula is C7H10N6O3. The summed E-state index contributed by atoms with van der Waals surface area (Å²) < 4.78 is 1.22. The van der Waals surface area contributed by atoms with Crippen LogP contribution >= 0.6 is 0 Å². The van der Waals surface area contributed by atoms with Crippen LogP contribution in [-0.4, -0.2) is 38.5 Å². The van der Waals surface area contributed by atoms with Gasteiger partial charge in [-0.1, -0.05) is 0 Å². The van der Waals surface area contributed by atoms with Gasteiger partial charge >= 0.3 is 0 Å². The number of amides is 3. The van der Waals surface area contributed by atoms with E-state index in [1.54, 1.807) is 0 Å². The average molecular weight is 226 g/mol. The van der Waals surface area contributed by atoms with E-state index in [0.29, 0.717) is 0 Å². The van der Waals surface area contributed by atoms with E-state index >= 15 is 0 Å². The van der Waals surface area contributed by atoms with Crippen LogP contribution in [0.15, 0.2) is 12.7 Å². The molecule has 86 valence electrons. The molecule has 0 aromatic carbocycles. The van der Waals surface area contributed by atoms with Gasteiger partial charge in [-0.15, -0.1) is 0 Å². The normalized spacial score (nSPS) is 10.1. The van der Waals surface area contributed by atoms with Gasteiger partial charge in [-0.05, 0) is 0 Å². The molecule has 0 atom stereocenters. The third-order valence-electron chi connectivity index (χ3n) is 1.65. The lowest BCUT2D eigenvalue weighted by Crippen LogP contribution is -2.53. The summed E-state index contributed by atoms with van der Waals surface area (Å²) >= 11 is 0. The lowest BCUT2D eigenvalue weighted by atomic mass is 10.2. The molecule has 0 aliphatic rings. The van der Waals surface area contributed by atoms with Crippen molar-refractivity contribution in [1.82, 2.24) is 20.1 Å². The van der Waals surface area contributed by atoms with E-state index in [1.165, 1.54) is 17.3 Å². The largest absolute Gasteiger partial charge is 0.367 e. The van der Waals surface area contributed by atoms with E-state index in [4.69, 9.17) is 11.5 Å². The highest BCUT2D eigenvalue weighted by Gasteiger charge is 2.23. The van der Waals surface area contributed by atoms with Crippen LogP contribution in [0.5, 0.6) is 0 Å². The summed E-state index contributed by atoms with van der Waals surface area (Å²) in [4.78, 5) is 36.4. The molecule has 0 radical (unpaired) electrons. The third-order valence-corrected chi connectivity index (χ3v) is 1.65. The number of nitrogens with one attached hydrogen (secondary N) is 1. The number of rotatable bonds is 5. The van der Waals surface area contributed by atoms with Crippen LogP contribution in [0.2, 0.25) is 0 Å². The first-order valence-electron chi connectivity index (χ1n) is 4.21. The van der Waals surface area contributed by atoms with Gasteiger partial charge in [0.25, 0.3) is 0 Å². The van der Waals surface area contributed by atoms with Crippen molar-refractivity contribution in [3.63, 3.8) is 0 Å². The third kappa shape index (κ3) is 3.04. The lowest BCUT2D eigenvalue weighted by molar-refractivity contribution is -0.134. The van der Waals surface area contributed by atoms with Crippen LogP contribution in [0.25, 0.3) is 0 Å². The van der Waals surface area contributed by atoms with Crippen molar-refractivity contribution in [2.75, 3.05) is 0 Å². The van der Waals surface area contributed by atoms with Crippen molar-refractivity contribution in [3.8, 4) is 0 Å². The van der Waals surface area contributed by atoms with Crippen molar-refractivity contribution < 1.29 is 14.4 Å². The summed E-state index contributed by atoms with van der Waals surface area (Å²) in [6, 6.07) is -1.52. The summed E-state index contributed by atoms with van der Waals surface area (Å²) in [5, 5.41) is 5.74. The summed E-state index contributed by atoms with van der Waals surface area (Å²) in [5.41, 5.74) is 9.74. The van der Waals surface area contributed by atoms with Gasteiger partial charge in [0, 0.05) is 0 Å². The maximum Gasteiger partial charge on any atom is 0.249 e. The van der Waals surface area contributed by atoms with Gasteiger partial charge in [0.05, 0.1) is 0 Å². The molecule has 0 spiro atoms. The number of hydrogen-bond donors (Lipinski definition) is 3. The Morgan fingerprint density at radius 1 is 1.31 bits per heavy atom. The molecule has 3 amide bonds. The Morgan fingerprint density at radius 2 is 1.94 bits per heavy atom. The Balaban J connectivity index is 2.56. The first kappa shape index (κ1) is 11.6. The summed E-state index contributed by atoms with van der Waals surface area (Å²) in [5.74, 6) is -2.65. The Bertz CT molecular complexity index is 386. The standard InChI is InChI=1S/C7H10N6O3/c8-6(15)5(7(9)16)12-4(14)1-13-3-10-2-11-13/h2-3,5H,1H2,(H2,8,15)(H2,9,16)(H,12,14). The van der Waals surface area contributed by atoms with Gasteiger partial charge < -0.3 is 16.8 Å². The van der Waals surface area contributed by atoms with Crippen molar-refractivity contribution >= 4 is 17.7 Å². The summed E-state index contributed by atoms with van der Waals surface area (Å²) in [6.45, 7) is -0.183. The van der Waals surface area contributed by atoms with Crippen LogP contribution in [0.1, 0.15) is 0 Å². The van der Waals surface area contributed by atoms with Gasteiger partial charge in [-0.25, -0.2) is 9.67 Å². The Labute approximate surface area is 89.8 Å². The minimum atomic E-state index is -1.52. The number of primary amides is 2. The first-order valence-corrected chi connectivity index (χ1v) is 4.21. The molecule has 9 nitrogen and oxygen atoms in total. The predicted molar refractivity (Wildman–Crippen MR) is 50.3 cm³/mol. The molecule has 0 saturated heterocycles. The topological polar surface area (TPSA) is 146 Å². The maximum absolute atomic E-state index is 11.3. The van der Waals surface area contributed by atoms with E-state index in [1.807, 2.05) is 0 Å². The van der Waals surface area contributed by atoms with E-state index in [-0.39, 0.29) is 6.54 Å². The second kappa shape index (κ2) is 4.87.